The number of amides is 1. The van der Waals surface area contributed by atoms with Gasteiger partial charge in [0.2, 0.25) is 0 Å². The first-order valence-electron chi connectivity index (χ1n) is 19.8. The molecule has 3 N–H and O–H groups in total. The van der Waals surface area contributed by atoms with E-state index in [1.165, 1.54) is 63.7 Å². The molecule has 14 nitrogen and oxygen atoms in total. The van der Waals surface area contributed by atoms with Gasteiger partial charge in [0, 0.05) is 36.2 Å². The number of ether oxygens (including phenoxy) is 1. The molecule has 3 aliphatic rings. The van der Waals surface area contributed by atoms with E-state index in [-0.39, 0.29) is 29.8 Å². The Morgan fingerprint density at radius 1 is 0.931 bits per heavy atom. The molecule has 0 spiro atoms. The molecule has 3 aromatic carbocycles. The Hall–Kier alpha value is -4.73. The second kappa shape index (κ2) is 18.0. The standard InChI is InChI=1S/C33H34N5O7PSi.C9H16N2/c1-32(2,3)47(24-15-9-5-10-16-24,25-17-11-6-12-18-25)43-20-26-33(40,45-46(41)42)19-27(44-26)38-22-36-28-29(34-21-35-30(28)38)37-31(39)23-13-7-4-8-14-23;1-2-5-9-10-6-4-8-11(9)7-3-1/h4-18,21-22,26-27,40H,19-20H2,1-3H3,(H-,34,35,37,39,41,42);1-8H2/p+1/t26-,27-,33+;/m1./s1. The first-order chi connectivity index (χ1) is 28.0. The number of amidine groups is 1. The number of rotatable bonds is 10. The molecule has 4 atom stereocenters. The lowest BCUT2D eigenvalue weighted by Gasteiger charge is -2.43. The molecule has 0 saturated carbocycles. The van der Waals surface area contributed by atoms with E-state index in [0.717, 1.165) is 16.9 Å². The predicted octanol–water partition coefficient (Wildman–Crippen LogP) is 5.96. The third kappa shape index (κ3) is 8.96. The van der Waals surface area contributed by atoms with E-state index in [1.54, 1.807) is 28.8 Å². The Kier molecular flexibility index (Phi) is 12.9. The number of benzene rings is 3. The number of fused-ring (bicyclic) bond motifs is 2. The molecule has 16 heteroatoms. The number of hydrogen-bond donors (Lipinski definition) is 3. The van der Waals surface area contributed by atoms with Crippen LogP contribution in [0.2, 0.25) is 5.04 Å². The lowest BCUT2D eigenvalue weighted by Crippen LogP contribution is -2.67. The minimum Gasteiger partial charge on any atom is -0.405 e. The Morgan fingerprint density at radius 2 is 1.59 bits per heavy atom. The van der Waals surface area contributed by atoms with E-state index in [1.807, 2.05) is 66.7 Å². The molecule has 0 bridgehead atoms. The average Bonchev–Trinajstić information content (AvgIpc) is 3.70. The fourth-order valence-electron chi connectivity index (χ4n) is 8.12. The first kappa shape index (κ1) is 41.4. The van der Waals surface area contributed by atoms with Crippen LogP contribution in [-0.4, -0.2) is 92.6 Å². The molecule has 2 saturated heterocycles. The van der Waals surface area contributed by atoms with Crippen LogP contribution in [0.1, 0.15) is 75.9 Å². The van der Waals surface area contributed by atoms with E-state index in [9.17, 15) is 19.4 Å². The number of carbonyl (C=O) groups excluding carboxylic acids is 1. The molecule has 3 aliphatic heterocycles. The molecule has 2 fully saturated rings. The second-order valence-electron chi connectivity index (χ2n) is 15.7. The van der Waals surface area contributed by atoms with Gasteiger partial charge in [-0.3, -0.25) is 14.4 Å². The van der Waals surface area contributed by atoms with Crippen molar-refractivity contribution < 1.29 is 33.0 Å². The van der Waals surface area contributed by atoms with E-state index in [4.69, 9.17) is 13.7 Å². The van der Waals surface area contributed by atoms with E-state index < -0.39 is 34.7 Å². The number of aliphatic imine (C=N–C) groups is 1. The third-order valence-electron chi connectivity index (χ3n) is 10.9. The number of aliphatic hydroxyl groups is 1. The monoisotopic (exact) mass is 824 g/mol. The average molecular weight is 825 g/mol. The quantitative estimate of drug-likeness (QED) is 0.0862. The van der Waals surface area contributed by atoms with E-state index >= 15 is 0 Å². The molecule has 0 radical (unpaired) electrons. The molecule has 8 rings (SSSR count). The maximum atomic E-state index is 12.8. The third-order valence-corrected chi connectivity index (χ3v) is 16.4. The van der Waals surface area contributed by atoms with Crippen molar-refractivity contribution in [3.8, 4) is 0 Å². The van der Waals surface area contributed by atoms with Crippen molar-refractivity contribution in [1.82, 2.24) is 24.4 Å². The Labute approximate surface area is 340 Å². The van der Waals surface area contributed by atoms with Gasteiger partial charge in [-0.2, -0.15) is 0 Å². The minimum atomic E-state index is -3.21. The summed E-state index contributed by atoms with van der Waals surface area (Å²) in [6, 6.07) is 28.6. The normalized spacial score (nSPS) is 21.3. The van der Waals surface area contributed by atoms with Crippen LogP contribution < -0.4 is 15.7 Å². The molecular weight excluding hydrogens is 774 g/mol. The van der Waals surface area contributed by atoms with Crippen molar-refractivity contribution in [2.75, 3.05) is 31.6 Å². The van der Waals surface area contributed by atoms with E-state index in [2.05, 4.69) is 50.9 Å². The van der Waals surface area contributed by atoms with Gasteiger partial charge in [0.15, 0.2) is 17.0 Å². The van der Waals surface area contributed by atoms with Crippen molar-refractivity contribution in [2.24, 2.45) is 4.99 Å². The van der Waals surface area contributed by atoms with Gasteiger partial charge in [0.25, 0.3) is 20.0 Å². The summed E-state index contributed by atoms with van der Waals surface area (Å²) >= 11 is 0. The highest BCUT2D eigenvalue weighted by Gasteiger charge is 2.58. The lowest BCUT2D eigenvalue weighted by molar-refractivity contribution is -0.183. The molecular formula is C42H51N7O7PSi+. The highest BCUT2D eigenvalue weighted by atomic mass is 31.1. The van der Waals surface area contributed by atoms with Gasteiger partial charge in [0.05, 0.1) is 25.2 Å². The largest absolute Gasteiger partial charge is 0.697 e. The number of aromatic nitrogens is 4. The zero-order valence-electron chi connectivity index (χ0n) is 33.1. The molecule has 1 amide bonds. The summed E-state index contributed by atoms with van der Waals surface area (Å²) in [6.45, 7) is 9.82. The molecule has 1 unspecified atom stereocenters. The molecule has 58 heavy (non-hydrogen) atoms. The predicted molar refractivity (Wildman–Crippen MR) is 225 cm³/mol. The van der Waals surface area contributed by atoms with Gasteiger partial charge in [-0.25, -0.2) is 15.0 Å². The topological polar surface area (TPSA) is 174 Å². The van der Waals surface area contributed by atoms with Crippen LogP contribution in [0.5, 0.6) is 0 Å². The minimum absolute atomic E-state index is 0.149. The number of anilines is 1. The second-order valence-corrected chi connectivity index (χ2v) is 20.7. The summed E-state index contributed by atoms with van der Waals surface area (Å²) in [5.41, 5.74) is 1.06. The number of nitrogens with one attached hydrogen (secondary N) is 1. The molecule has 0 aliphatic carbocycles. The maximum absolute atomic E-state index is 12.8. The molecule has 5 aromatic rings. The summed E-state index contributed by atoms with van der Waals surface area (Å²) in [5.74, 6) is -0.968. The fourth-order valence-corrected chi connectivity index (χ4v) is 13.1. The zero-order chi connectivity index (χ0) is 40.8. The van der Waals surface area contributed by atoms with Crippen LogP contribution in [0.3, 0.4) is 0 Å². The molecule has 5 heterocycles. The number of carbonyl (C=O) groups is 1. The van der Waals surface area contributed by atoms with Gasteiger partial charge in [0.1, 0.15) is 18.7 Å². The van der Waals surface area contributed by atoms with Gasteiger partial charge in [-0.05, 0) is 46.8 Å². The summed E-state index contributed by atoms with van der Waals surface area (Å²) in [7, 11) is -6.27. The van der Waals surface area contributed by atoms with Gasteiger partial charge < -0.3 is 24.5 Å². The smallest absolute Gasteiger partial charge is 0.405 e. The van der Waals surface area contributed by atoms with Crippen LogP contribution in [0, 0.1) is 0 Å². The Morgan fingerprint density at radius 3 is 2.24 bits per heavy atom. The highest BCUT2D eigenvalue weighted by molar-refractivity contribution is 7.32. The van der Waals surface area contributed by atoms with E-state index in [0.29, 0.717) is 16.7 Å². The van der Waals surface area contributed by atoms with Gasteiger partial charge >= 0.3 is 8.25 Å². The number of hydrogen-bond acceptors (Lipinski definition) is 11. The summed E-state index contributed by atoms with van der Waals surface area (Å²) in [4.78, 5) is 42.6. The SMILES string of the molecule is C1CCC2=NCCCN2CC1.CC(C)(C)[Si](OC[C@H]1O[C@@H](n2cnc3c(NC(=O)c4ccccc4)ncnc32)C[C@]1(O)O[P+](=O)O)(c1ccccc1)c1ccccc1. The highest BCUT2D eigenvalue weighted by Crippen LogP contribution is 2.45. The summed E-state index contributed by atoms with van der Waals surface area (Å²) in [6.07, 6.45) is 7.05. The van der Waals surface area contributed by atoms with Crippen LogP contribution in [0.4, 0.5) is 5.82 Å². The van der Waals surface area contributed by atoms with Crippen LogP contribution in [0.15, 0.2) is 109 Å². The zero-order valence-corrected chi connectivity index (χ0v) is 35.0. The molecule has 2 aromatic heterocycles. The van der Waals surface area contributed by atoms with Crippen molar-refractivity contribution in [3.05, 3.63) is 109 Å². The van der Waals surface area contributed by atoms with Crippen LogP contribution in [0.25, 0.3) is 11.2 Å². The van der Waals surface area contributed by atoms with Crippen LogP contribution >= 0.6 is 8.25 Å². The maximum Gasteiger partial charge on any atom is 0.697 e. The Bertz CT molecular complexity index is 2170. The Balaban J connectivity index is 0.000000399. The van der Waals surface area contributed by atoms with Crippen molar-refractivity contribution >= 4 is 55.7 Å². The van der Waals surface area contributed by atoms with Gasteiger partial charge in [-0.15, -0.1) is 4.89 Å². The van der Waals surface area contributed by atoms with Crippen molar-refractivity contribution in [1.29, 1.82) is 0 Å². The van der Waals surface area contributed by atoms with Gasteiger partial charge in [-0.1, -0.05) is 111 Å². The number of nitrogens with zero attached hydrogens (tertiary/aromatic N) is 6. The number of imidazole rings is 1. The van der Waals surface area contributed by atoms with Crippen molar-refractivity contribution in [2.45, 2.75) is 82.5 Å². The lowest BCUT2D eigenvalue weighted by atomic mass is 10.1. The first-order valence-corrected chi connectivity index (χ1v) is 22.8. The fraction of sp³-hybridized carbons (Fsp3) is 0.405. The van der Waals surface area contributed by atoms with Crippen molar-refractivity contribution in [3.63, 3.8) is 0 Å². The summed E-state index contributed by atoms with van der Waals surface area (Å²) < 4.78 is 32.1. The summed E-state index contributed by atoms with van der Waals surface area (Å²) in [5, 5.41) is 16.2. The van der Waals surface area contributed by atoms with Crippen LogP contribution in [-0.2, 0) is 18.3 Å². The molecule has 304 valence electrons.